The van der Waals surface area contributed by atoms with Crippen LogP contribution in [0.15, 0.2) is 29.8 Å². The SMILES string of the molecule is CCOC(=O)C1CCCN(C(=O)Cc2csc(-c3ccccn3)n2)C1. The minimum absolute atomic E-state index is 0.00636. The fraction of sp³-hybridized carbons (Fsp3) is 0.444. The summed E-state index contributed by atoms with van der Waals surface area (Å²) in [5, 5.41) is 2.71. The van der Waals surface area contributed by atoms with E-state index in [-0.39, 0.29) is 24.2 Å². The number of likely N-dealkylation sites (tertiary alicyclic amines) is 1. The third kappa shape index (κ3) is 4.42. The first-order chi connectivity index (χ1) is 12.2. The van der Waals surface area contributed by atoms with Gasteiger partial charge in [-0.1, -0.05) is 6.07 Å². The Bertz CT molecular complexity index is 732. The molecule has 0 aromatic carbocycles. The Balaban J connectivity index is 1.60. The minimum Gasteiger partial charge on any atom is -0.466 e. The summed E-state index contributed by atoms with van der Waals surface area (Å²) in [4.78, 5) is 35.0. The number of aromatic nitrogens is 2. The van der Waals surface area contributed by atoms with E-state index in [1.807, 2.05) is 23.6 Å². The van der Waals surface area contributed by atoms with Crippen molar-refractivity contribution in [2.75, 3.05) is 19.7 Å². The molecule has 6 nitrogen and oxygen atoms in total. The molecule has 1 aliphatic rings. The second-order valence-corrected chi connectivity index (χ2v) is 6.82. The fourth-order valence-electron chi connectivity index (χ4n) is 2.92. The Labute approximate surface area is 150 Å². The van der Waals surface area contributed by atoms with Crippen molar-refractivity contribution < 1.29 is 14.3 Å². The van der Waals surface area contributed by atoms with E-state index in [0.29, 0.717) is 19.7 Å². The van der Waals surface area contributed by atoms with Gasteiger partial charge >= 0.3 is 5.97 Å². The molecule has 0 bridgehead atoms. The molecule has 1 saturated heterocycles. The Morgan fingerprint density at radius 3 is 3.04 bits per heavy atom. The predicted molar refractivity (Wildman–Crippen MR) is 95.0 cm³/mol. The fourth-order valence-corrected chi connectivity index (χ4v) is 3.71. The molecule has 0 aliphatic carbocycles. The number of amides is 1. The maximum absolute atomic E-state index is 12.6. The van der Waals surface area contributed by atoms with Gasteiger partial charge in [0, 0.05) is 24.7 Å². The molecule has 1 amide bonds. The highest BCUT2D eigenvalue weighted by Gasteiger charge is 2.29. The van der Waals surface area contributed by atoms with Gasteiger partial charge in [0.2, 0.25) is 5.91 Å². The summed E-state index contributed by atoms with van der Waals surface area (Å²) in [5.41, 5.74) is 1.56. The van der Waals surface area contributed by atoms with Crippen LogP contribution in [-0.2, 0) is 20.7 Å². The second-order valence-electron chi connectivity index (χ2n) is 5.97. The maximum Gasteiger partial charge on any atom is 0.310 e. The largest absolute Gasteiger partial charge is 0.466 e. The van der Waals surface area contributed by atoms with E-state index in [4.69, 9.17) is 4.74 Å². The summed E-state index contributed by atoms with van der Waals surface area (Å²) in [5.74, 6) is -0.407. The van der Waals surface area contributed by atoms with Crippen LogP contribution in [0, 0.1) is 5.92 Å². The van der Waals surface area contributed by atoms with Gasteiger partial charge in [-0.15, -0.1) is 11.3 Å². The van der Waals surface area contributed by atoms with Crippen molar-refractivity contribution in [3.05, 3.63) is 35.5 Å². The lowest BCUT2D eigenvalue weighted by Gasteiger charge is -2.31. The molecule has 1 aliphatic heterocycles. The van der Waals surface area contributed by atoms with Crippen LogP contribution in [0.25, 0.3) is 10.7 Å². The van der Waals surface area contributed by atoms with Gasteiger partial charge in [-0.05, 0) is 31.9 Å². The zero-order valence-electron chi connectivity index (χ0n) is 14.2. The average Bonchev–Trinajstić information content (AvgIpc) is 3.11. The van der Waals surface area contributed by atoms with E-state index in [0.717, 1.165) is 29.2 Å². The molecule has 1 fully saturated rings. The van der Waals surface area contributed by atoms with Crippen LogP contribution in [0.1, 0.15) is 25.5 Å². The Kier molecular flexibility index (Phi) is 5.75. The van der Waals surface area contributed by atoms with Crippen molar-refractivity contribution in [2.45, 2.75) is 26.2 Å². The lowest BCUT2D eigenvalue weighted by Crippen LogP contribution is -2.43. The standard InChI is InChI=1S/C18H21N3O3S/c1-2-24-18(23)13-6-5-9-21(11-13)16(22)10-14-12-25-17(20-14)15-7-3-4-8-19-15/h3-4,7-8,12-13H,2,5-6,9-11H2,1H3. The molecule has 1 atom stereocenters. The van der Waals surface area contributed by atoms with Crippen LogP contribution < -0.4 is 0 Å². The quantitative estimate of drug-likeness (QED) is 0.767. The summed E-state index contributed by atoms with van der Waals surface area (Å²) in [7, 11) is 0. The molecule has 2 aromatic heterocycles. The van der Waals surface area contributed by atoms with Crippen molar-refractivity contribution in [1.82, 2.24) is 14.9 Å². The van der Waals surface area contributed by atoms with Gasteiger partial charge in [0.15, 0.2) is 0 Å². The highest BCUT2D eigenvalue weighted by Crippen LogP contribution is 2.23. The molecular weight excluding hydrogens is 338 g/mol. The summed E-state index contributed by atoms with van der Waals surface area (Å²) < 4.78 is 5.09. The molecule has 2 aromatic rings. The lowest BCUT2D eigenvalue weighted by molar-refractivity contribution is -0.151. The van der Waals surface area contributed by atoms with Gasteiger partial charge in [0.05, 0.1) is 30.3 Å². The van der Waals surface area contributed by atoms with E-state index >= 15 is 0 Å². The molecule has 1 unspecified atom stereocenters. The average molecular weight is 359 g/mol. The number of carbonyl (C=O) groups is 2. The molecule has 0 spiro atoms. The molecule has 132 valence electrons. The number of pyridine rings is 1. The topological polar surface area (TPSA) is 72.4 Å². The van der Waals surface area contributed by atoms with Crippen molar-refractivity contribution >= 4 is 23.2 Å². The maximum atomic E-state index is 12.6. The molecule has 3 rings (SSSR count). The number of piperidine rings is 1. The van der Waals surface area contributed by atoms with Crippen molar-refractivity contribution in [2.24, 2.45) is 5.92 Å². The van der Waals surface area contributed by atoms with E-state index in [9.17, 15) is 9.59 Å². The molecule has 0 radical (unpaired) electrons. The third-order valence-electron chi connectivity index (χ3n) is 4.16. The highest BCUT2D eigenvalue weighted by molar-refractivity contribution is 7.13. The molecular formula is C18H21N3O3S. The Hall–Kier alpha value is -2.28. The number of hydrogen-bond acceptors (Lipinski definition) is 6. The first-order valence-electron chi connectivity index (χ1n) is 8.47. The zero-order chi connectivity index (χ0) is 17.6. The van der Waals surface area contributed by atoms with Crippen molar-refractivity contribution in [1.29, 1.82) is 0 Å². The van der Waals surface area contributed by atoms with Crippen LogP contribution in [-0.4, -0.2) is 46.4 Å². The van der Waals surface area contributed by atoms with E-state index in [1.165, 1.54) is 11.3 Å². The number of thiazole rings is 1. The van der Waals surface area contributed by atoms with Gasteiger partial charge < -0.3 is 9.64 Å². The van der Waals surface area contributed by atoms with Crippen LogP contribution in [0.4, 0.5) is 0 Å². The number of hydrogen-bond donors (Lipinski definition) is 0. The first kappa shape index (κ1) is 17.5. The van der Waals surface area contributed by atoms with Crippen molar-refractivity contribution in [3.63, 3.8) is 0 Å². The van der Waals surface area contributed by atoms with Gasteiger partial charge in [0.25, 0.3) is 0 Å². The zero-order valence-corrected chi connectivity index (χ0v) is 15.0. The van der Waals surface area contributed by atoms with Crippen LogP contribution in [0.3, 0.4) is 0 Å². The Morgan fingerprint density at radius 1 is 1.40 bits per heavy atom. The summed E-state index contributed by atoms with van der Waals surface area (Å²) in [6.45, 7) is 3.30. The molecule has 0 N–H and O–H groups in total. The molecule has 25 heavy (non-hydrogen) atoms. The highest BCUT2D eigenvalue weighted by atomic mass is 32.1. The third-order valence-corrected chi connectivity index (χ3v) is 5.08. The summed E-state index contributed by atoms with van der Waals surface area (Å²) in [6.07, 6.45) is 3.58. The minimum atomic E-state index is -0.211. The number of carbonyl (C=O) groups excluding carboxylic acids is 2. The van der Waals surface area contributed by atoms with Crippen LogP contribution in [0.5, 0.6) is 0 Å². The molecule has 7 heteroatoms. The normalized spacial score (nSPS) is 17.3. The lowest BCUT2D eigenvalue weighted by atomic mass is 9.98. The van der Waals surface area contributed by atoms with E-state index < -0.39 is 0 Å². The van der Waals surface area contributed by atoms with Crippen LogP contribution >= 0.6 is 11.3 Å². The second kappa shape index (κ2) is 8.20. The van der Waals surface area contributed by atoms with E-state index in [2.05, 4.69) is 9.97 Å². The molecule has 3 heterocycles. The summed E-state index contributed by atoms with van der Waals surface area (Å²) in [6, 6.07) is 5.68. The Morgan fingerprint density at radius 2 is 2.28 bits per heavy atom. The van der Waals surface area contributed by atoms with Gasteiger partial charge in [-0.2, -0.15) is 0 Å². The van der Waals surface area contributed by atoms with Gasteiger partial charge in [0.1, 0.15) is 5.01 Å². The van der Waals surface area contributed by atoms with Gasteiger partial charge in [-0.3, -0.25) is 14.6 Å². The number of esters is 1. The predicted octanol–water partition coefficient (Wildman–Crippen LogP) is 2.55. The first-order valence-corrected chi connectivity index (χ1v) is 9.35. The number of rotatable bonds is 5. The molecule has 0 saturated carbocycles. The number of nitrogens with zero attached hydrogens (tertiary/aromatic N) is 3. The summed E-state index contributed by atoms with van der Waals surface area (Å²) >= 11 is 1.48. The van der Waals surface area contributed by atoms with E-state index in [1.54, 1.807) is 18.0 Å². The smallest absolute Gasteiger partial charge is 0.310 e. The van der Waals surface area contributed by atoms with Crippen LogP contribution in [0.2, 0.25) is 0 Å². The van der Waals surface area contributed by atoms with Crippen molar-refractivity contribution in [3.8, 4) is 10.7 Å². The number of ether oxygens (including phenoxy) is 1. The monoisotopic (exact) mass is 359 g/mol. The van der Waals surface area contributed by atoms with Gasteiger partial charge in [-0.25, -0.2) is 4.98 Å².